The molecule has 1 aliphatic heterocycles. The number of nitrogens with zero attached hydrogens (tertiary/aromatic N) is 4. The number of fused-ring (bicyclic) bond motifs is 13. The van der Waals surface area contributed by atoms with Gasteiger partial charge in [0, 0.05) is 47.6 Å². The second-order valence-electron chi connectivity index (χ2n) is 12.9. The van der Waals surface area contributed by atoms with Crippen LogP contribution in [0.3, 0.4) is 0 Å². The van der Waals surface area contributed by atoms with Crippen molar-refractivity contribution in [2.75, 3.05) is 10.0 Å². The van der Waals surface area contributed by atoms with E-state index in [1.807, 2.05) is 53.8 Å². The molecule has 2 aromatic heterocycles. The summed E-state index contributed by atoms with van der Waals surface area (Å²) in [7, 11) is 0. The van der Waals surface area contributed by atoms with Gasteiger partial charge in [0.2, 0.25) is 0 Å². The highest BCUT2D eigenvalue weighted by atomic mass is 32.1. The second-order valence-corrected chi connectivity index (χ2v) is 13.9. The molecule has 0 atom stereocenters. The van der Waals surface area contributed by atoms with E-state index < -0.39 is 0 Å². The first-order valence-electron chi connectivity index (χ1n) is 17.6. The van der Waals surface area contributed by atoms with E-state index in [1.165, 1.54) is 47.3 Å². The van der Waals surface area contributed by atoms with Gasteiger partial charge in [-0.1, -0.05) is 140 Å². The third kappa shape index (κ3) is 4.13. The minimum atomic E-state index is 0.422. The van der Waals surface area contributed by atoms with Crippen molar-refractivity contribution >= 4 is 87.0 Å². The van der Waals surface area contributed by atoms with Gasteiger partial charge in [0.1, 0.15) is 0 Å². The number of hydrogen-bond donors (Lipinski definition) is 0. The molecule has 238 valence electrons. The van der Waals surface area contributed by atoms with Crippen molar-refractivity contribution in [1.82, 2.24) is 9.97 Å². The van der Waals surface area contributed by atoms with Crippen LogP contribution in [0.4, 0.5) is 23.0 Å². The predicted octanol–water partition coefficient (Wildman–Crippen LogP) is 12.8. The maximum Gasteiger partial charge on any atom is 0.251 e. The average molecular weight is 670 g/mol. The summed E-state index contributed by atoms with van der Waals surface area (Å²) in [6.45, 7) is 0. The van der Waals surface area contributed by atoms with Crippen molar-refractivity contribution in [2.45, 2.75) is 0 Å². The summed E-state index contributed by atoms with van der Waals surface area (Å²) < 4.78 is 11.4. The third-order valence-corrected chi connectivity index (χ3v) is 11.3. The van der Waals surface area contributed by atoms with E-state index in [0.717, 1.165) is 44.8 Å². The zero-order valence-electron chi connectivity index (χ0n) is 28.3. The summed E-state index contributed by atoms with van der Waals surface area (Å²) in [6, 6.07) is 57.5. The van der Waals surface area contributed by atoms with Gasteiger partial charge in [-0.15, -0.1) is 11.3 Å². The van der Waals surface area contributed by atoms with Gasteiger partial charge in [-0.3, -0.25) is 0 Å². The molecule has 0 radical (unpaired) electrons. The highest BCUT2D eigenvalue weighted by molar-refractivity contribution is 7.26. The van der Waals surface area contributed by atoms with E-state index >= 15 is 0 Å². The Balaban J connectivity index is 1.38. The number of para-hydroxylation sites is 2. The maximum absolute atomic E-state index is 8.95. The molecule has 51 heavy (non-hydrogen) atoms. The number of thiophene rings is 1. The monoisotopic (exact) mass is 669 g/mol. The third-order valence-electron chi connectivity index (χ3n) is 10.1. The normalized spacial score (nSPS) is 12.9. The lowest BCUT2D eigenvalue weighted by Crippen LogP contribution is -2.40. The topological polar surface area (TPSA) is 32.3 Å². The summed E-state index contributed by atoms with van der Waals surface area (Å²) in [6.07, 6.45) is 0. The lowest BCUT2D eigenvalue weighted by Gasteiger charge is -2.43. The van der Waals surface area contributed by atoms with Crippen molar-refractivity contribution < 1.29 is 1.37 Å². The first-order chi connectivity index (χ1) is 25.7. The fourth-order valence-electron chi connectivity index (χ4n) is 7.91. The quantitative estimate of drug-likeness (QED) is 0.187. The van der Waals surface area contributed by atoms with Crippen LogP contribution in [-0.4, -0.2) is 9.97 Å². The van der Waals surface area contributed by atoms with Gasteiger partial charge in [0.15, 0.2) is 0 Å². The first kappa shape index (κ1) is 27.3. The van der Waals surface area contributed by atoms with Crippen molar-refractivity contribution in [3.63, 3.8) is 0 Å². The smallest absolute Gasteiger partial charge is 0.246 e. The van der Waals surface area contributed by atoms with E-state index in [4.69, 9.17) is 11.3 Å². The number of rotatable bonds is 3. The van der Waals surface area contributed by atoms with Crippen LogP contribution >= 0.6 is 11.3 Å². The minimum absolute atomic E-state index is 0.422. The summed E-state index contributed by atoms with van der Waals surface area (Å²) in [5.74, 6) is 0.535. The number of aromatic nitrogens is 2. The minimum Gasteiger partial charge on any atom is -0.246 e. The molecule has 0 saturated heterocycles. The largest absolute Gasteiger partial charge is 0.251 e. The van der Waals surface area contributed by atoms with Gasteiger partial charge in [0.25, 0.3) is 5.95 Å². The Morgan fingerprint density at radius 1 is 0.510 bits per heavy atom. The fraction of sp³-hybridized carbons (Fsp3) is 0. The lowest BCUT2D eigenvalue weighted by molar-refractivity contribution is 0.933. The Bertz CT molecular complexity index is 3060. The summed E-state index contributed by atoms with van der Waals surface area (Å²) in [4.78, 5) is 10.9. The van der Waals surface area contributed by atoms with Gasteiger partial charge in [-0.05, 0) is 46.5 Å². The molecule has 0 fully saturated rings. The van der Waals surface area contributed by atoms with E-state index in [-0.39, 0.29) is 0 Å². The molecule has 8 aromatic carbocycles. The highest BCUT2D eigenvalue weighted by Crippen LogP contribution is 2.58. The molecule has 0 unspecified atom stereocenters. The molecule has 11 rings (SSSR count). The zero-order valence-corrected chi connectivity index (χ0v) is 28.1. The van der Waals surface area contributed by atoms with Gasteiger partial charge >= 0.3 is 0 Å². The summed E-state index contributed by atoms with van der Waals surface area (Å²) in [5, 5.41) is 12.6. The Labute approximate surface area is 299 Å². The summed E-state index contributed by atoms with van der Waals surface area (Å²) >= 11 is 1.84. The number of hydrazine groups is 1. The molecular weight excluding hydrogens is 641 g/mol. The van der Waals surface area contributed by atoms with Crippen molar-refractivity contribution in [2.24, 2.45) is 0 Å². The molecular formula is C46H28N4S. The Morgan fingerprint density at radius 3 is 2.06 bits per heavy atom. The van der Waals surface area contributed by atoms with Crippen LogP contribution in [-0.2, 0) is 0 Å². The van der Waals surface area contributed by atoms with Crippen LogP contribution in [0.2, 0.25) is 0 Å². The molecule has 0 aliphatic carbocycles. The highest BCUT2D eigenvalue weighted by Gasteiger charge is 2.38. The first-order valence-corrected chi connectivity index (χ1v) is 17.9. The van der Waals surface area contributed by atoms with Gasteiger partial charge in [0.05, 0.1) is 29.6 Å². The fourth-order valence-corrected chi connectivity index (χ4v) is 9.16. The van der Waals surface area contributed by atoms with E-state index in [0.29, 0.717) is 12.0 Å². The molecule has 1 aliphatic rings. The maximum atomic E-state index is 8.95. The van der Waals surface area contributed by atoms with Crippen LogP contribution < -0.4 is 10.0 Å². The van der Waals surface area contributed by atoms with Crippen molar-refractivity contribution in [1.29, 1.82) is 0 Å². The molecule has 0 N–H and O–H groups in total. The van der Waals surface area contributed by atoms with Gasteiger partial charge in [-0.2, -0.15) is 0 Å². The van der Waals surface area contributed by atoms with E-state index in [2.05, 4.69) is 131 Å². The zero-order chi connectivity index (χ0) is 34.3. The van der Waals surface area contributed by atoms with Gasteiger partial charge in [-0.25, -0.2) is 20.0 Å². The van der Waals surface area contributed by atoms with Crippen LogP contribution in [0, 0.1) is 0 Å². The molecule has 4 nitrogen and oxygen atoms in total. The second kappa shape index (κ2) is 11.0. The molecule has 0 spiro atoms. The van der Waals surface area contributed by atoms with Crippen LogP contribution in [0.5, 0.6) is 0 Å². The number of anilines is 4. The van der Waals surface area contributed by atoms with Crippen molar-refractivity contribution in [3.8, 4) is 22.4 Å². The molecule has 5 heteroatoms. The predicted molar refractivity (Wildman–Crippen MR) is 215 cm³/mol. The Kier molecular flexibility index (Phi) is 5.87. The van der Waals surface area contributed by atoms with Crippen LogP contribution in [0.25, 0.3) is 75.0 Å². The lowest BCUT2D eigenvalue weighted by atomic mass is 9.87. The van der Waals surface area contributed by atoms with Crippen molar-refractivity contribution in [3.05, 3.63) is 170 Å². The number of hydrogen-bond acceptors (Lipinski definition) is 5. The molecule has 0 saturated carbocycles. The standard InChI is InChI=1S/C46H28N4S/c1-3-16-30(17-4-1)43-35-23-11-13-25-37(35)47-46(48-43)50-44-41(33-21-9-10-22-34(33)45-42(44)36-24-12-14-26-39(36)51-45)40-32-20-8-7-15-29(32)27-28-38(40)49(50)31-18-5-2-6-19-31/h1-28H/i16D. The molecule has 0 amide bonds. The number of benzene rings is 8. The van der Waals surface area contributed by atoms with Crippen LogP contribution in [0.1, 0.15) is 1.37 Å². The average Bonchev–Trinajstić information content (AvgIpc) is 3.60. The summed E-state index contributed by atoms with van der Waals surface area (Å²) in [5.41, 5.74) is 7.73. The molecule has 0 bridgehead atoms. The molecule has 10 aromatic rings. The van der Waals surface area contributed by atoms with Crippen LogP contribution in [0.15, 0.2) is 170 Å². The Morgan fingerprint density at radius 2 is 1.20 bits per heavy atom. The van der Waals surface area contributed by atoms with Gasteiger partial charge < -0.3 is 0 Å². The SMILES string of the molecule is [2H]c1ccccc1-c1nc(N2c3c(c4ccccc4c4sc5ccccc5c34)-c3c(ccc4ccccc34)N2c2ccccc2)nc2ccccc12. The van der Waals surface area contributed by atoms with E-state index in [9.17, 15) is 0 Å². The molecule has 3 heterocycles. The van der Waals surface area contributed by atoms with E-state index in [1.54, 1.807) is 0 Å². The Hall–Kier alpha value is -6.56.